The molecule has 2 N–H and O–H groups in total. The van der Waals surface area contributed by atoms with Crippen molar-refractivity contribution in [3.05, 3.63) is 34.9 Å². The maximum atomic E-state index is 11.4. The Morgan fingerprint density at radius 3 is 1.90 bits per heavy atom. The van der Waals surface area contributed by atoms with E-state index in [1.165, 1.54) is 11.1 Å². The van der Waals surface area contributed by atoms with Crippen molar-refractivity contribution < 1.29 is 14.4 Å². The summed E-state index contributed by atoms with van der Waals surface area (Å²) >= 11 is 0. The summed E-state index contributed by atoms with van der Waals surface area (Å²) in [6.45, 7) is 11.4. The van der Waals surface area contributed by atoms with Crippen LogP contribution in [0.15, 0.2) is 34.9 Å². The molecule has 3 nitrogen and oxygen atoms in total. The van der Waals surface area contributed by atoms with Crippen LogP contribution in [0.3, 0.4) is 0 Å². The van der Waals surface area contributed by atoms with Crippen molar-refractivity contribution in [2.45, 2.75) is 72.4 Å². The van der Waals surface area contributed by atoms with Crippen molar-refractivity contribution in [1.82, 2.24) is 0 Å². The van der Waals surface area contributed by atoms with Gasteiger partial charge < -0.3 is 9.79 Å². The van der Waals surface area contributed by atoms with Crippen LogP contribution in [0.5, 0.6) is 0 Å². The Balaban J connectivity index is 4.40. The van der Waals surface area contributed by atoms with Crippen LogP contribution in [0, 0.1) is 0 Å². The molecule has 4 heteroatoms. The monoisotopic (exact) mass is 314 g/mol. The Morgan fingerprint density at radius 2 is 1.43 bits per heavy atom. The number of hydrogen-bond donors (Lipinski definition) is 2. The van der Waals surface area contributed by atoms with Crippen LogP contribution < -0.4 is 0 Å². The van der Waals surface area contributed by atoms with Crippen LogP contribution in [0.2, 0.25) is 0 Å². The van der Waals surface area contributed by atoms with Gasteiger partial charge in [0.15, 0.2) is 0 Å². The van der Waals surface area contributed by atoms with Crippen LogP contribution >= 0.6 is 7.60 Å². The SMILES string of the molecule is CC(C)=CCCC(C)=CCCC(C)=CC(C)(C)P(=O)(O)O. The quantitative estimate of drug-likeness (QED) is 0.468. The van der Waals surface area contributed by atoms with Gasteiger partial charge in [-0.1, -0.05) is 34.9 Å². The molecule has 0 aliphatic carbocycles. The first kappa shape index (κ1) is 20.4. The molecule has 0 rings (SSSR count). The molecule has 21 heavy (non-hydrogen) atoms. The van der Waals surface area contributed by atoms with Crippen molar-refractivity contribution in [3.63, 3.8) is 0 Å². The van der Waals surface area contributed by atoms with E-state index in [2.05, 4.69) is 32.9 Å². The number of allylic oxidation sites excluding steroid dienone is 6. The molecule has 122 valence electrons. The highest BCUT2D eigenvalue weighted by molar-refractivity contribution is 7.53. The molecule has 0 bridgehead atoms. The minimum atomic E-state index is -4.10. The molecule has 0 aromatic carbocycles. The highest BCUT2D eigenvalue weighted by atomic mass is 31.2. The van der Waals surface area contributed by atoms with Gasteiger partial charge in [-0.25, -0.2) is 0 Å². The van der Waals surface area contributed by atoms with E-state index in [0.29, 0.717) is 0 Å². The van der Waals surface area contributed by atoms with Gasteiger partial charge in [0.05, 0.1) is 5.16 Å². The molecule has 0 heterocycles. The van der Waals surface area contributed by atoms with Crippen molar-refractivity contribution in [2.75, 3.05) is 0 Å². The minimum absolute atomic E-state index is 0.837. The maximum absolute atomic E-state index is 11.4. The third-order valence-corrected chi connectivity index (χ3v) is 5.10. The Bertz CT molecular complexity index is 460. The largest absolute Gasteiger partial charge is 0.334 e. The first-order chi connectivity index (χ1) is 9.45. The van der Waals surface area contributed by atoms with Crippen LogP contribution in [0.4, 0.5) is 0 Å². The highest BCUT2D eigenvalue weighted by Gasteiger charge is 2.35. The van der Waals surface area contributed by atoms with Gasteiger partial charge in [-0.2, -0.15) is 0 Å². The van der Waals surface area contributed by atoms with Gasteiger partial charge in [-0.05, 0) is 67.2 Å². The van der Waals surface area contributed by atoms with E-state index in [4.69, 9.17) is 0 Å². The normalized spacial score (nSPS) is 14.3. The smallest absolute Gasteiger partial charge is 0.324 e. The van der Waals surface area contributed by atoms with Gasteiger partial charge in [-0.3, -0.25) is 4.57 Å². The first-order valence-corrected chi connectivity index (χ1v) is 9.10. The summed E-state index contributed by atoms with van der Waals surface area (Å²) in [6.07, 6.45) is 10.1. The molecule has 0 fully saturated rings. The zero-order valence-corrected chi connectivity index (χ0v) is 15.2. The summed E-state index contributed by atoms with van der Waals surface area (Å²) in [5.74, 6) is 0. The topological polar surface area (TPSA) is 57.5 Å². The van der Waals surface area contributed by atoms with Crippen LogP contribution in [0.1, 0.15) is 67.2 Å². The van der Waals surface area contributed by atoms with E-state index in [1.807, 2.05) is 6.92 Å². The van der Waals surface area contributed by atoms with E-state index in [1.54, 1.807) is 19.9 Å². The molecule has 0 aliphatic heterocycles. The highest BCUT2D eigenvalue weighted by Crippen LogP contribution is 2.51. The first-order valence-electron chi connectivity index (χ1n) is 7.48. The van der Waals surface area contributed by atoms with E-state index in [0.717, 1.165) is 31.3 Å². The molecule has 0 aromatic rings. The fourth-order valence-electron chi connectivity index (χ4n) is 2.00. The molecule has 0 saturated heterocycles. The second-order valence-electron chi connectivity index (χ2n) is 6.60. The average molecular weight is 314 g/mol. The zero-order chi connectivity index (χ0) is 16.7. The summed E-state index contributed by atoms with van der Waals surface area (Å²) < 4.78 is 11.4. The van der Waals surface area contributed by atoms with E-state index < -0.39 is 12.8 Å². The molecule has 0 amide bonds. The third kappa shape index (κ3) is 9.08. The molecular weight excluding hydrogens is 283 g/mol. The zero-order valence-electron chi connectivity index (χ0n) is 14.3. The van der Waals surface area contributed by atoms with Crippen LogP contribution in [-0.2, 0) is 4.57 Å². The van der Waals surface area contributed by atoms with Crippen molar-refractivity contribution in [3.8, 4) is 0 Å². The second-order valence-corrected chi connectivity index (χ2v) is 8.84. The lowest BCUT2D eigenvalue weighted by molar-refractivity contribution is 0.349. The Labute approximate surface area is 130 Å². The number of hydrogen-bond acceptors (Lipinski definition) is 1. The summed E-state index contributed by atoms with van der Waals surface area (Å²) in [5.41, 5.74) is 3.74. The fourth-order valence-corrected chi connectivity index (χ4v) is 2.38. The van der Waals surface area contributed by atoms with E-state index >= 15 is 0 Å². The Hall–Kier alpha value is -0.630. The fraction of sp³-hybridized carbons (Fsp3) is 0.647. The predicted molar refractivity (Wildman–Crippen MR) is 91.5 cm³/mol. The van der Waals surface area contributed by atoms with Crippen LogP contribution in [0.25, 0.3) is 0 Å². The maximum Gasteiger partial charge on any atom is 0.334 e. The molecule has 0 aromatic heterocycles. The molecule has 0 atom stereocenters. The molecule has 0 spiro atoms. The molecule has 0 saturated carbocycles. The van der Waals surface area contributed by atoms with Crippen LogP contribution in [-0.4, -0.2) is 14.9 Å². The average Bonchev–Trinajstić information content (AvgIpc) is 2.25. The van der Waals surface area contributed by atoms with Gasteiger partial charge in [0.25, 0.3) is 0 Å². The standard InChI is InChI=1S/C17H31O3P/c1-14(2)9-7-10-15(3)11-8-12-16(4)13-17(5,6)21(18,19)20/h9,11,13H,7-8,10,12H2,1-6H3,(H2,18,19,20). The van der Waals surface area contributed by atoms with Crippen molar-refractivity contribution in [1.29, 1.82) is 0 Å². The molecule has 0 unspecified atom stereocenters. The Morgan fingerprint density at radius 1 is 0.952 bits per heavy atom. The van der Waals surface area contributed by atoms with Gasteiger partial charge in [0, 0.05) is 0 Å². The Kier molecular flexibility index (Phi) is 8.46. The molecular formula is C17H31O3P. The minimum Gasteiger partial charge on any atom is -0.324 e. The van der Waals surface area contributed by atoms with Gasteiger partial charge in [0.2, 0.25) is 0 Å². The van der Waals surface area contributed by atoms with E-state index in [9.17, 15) is 14.4 Å². The summed E-state index contributed by atoms with van der Waals surface area (Å²) in [5, 5.41) is -1.08. The van der Waals surface area contributed by atoms with Gasteiger partial charge in [0.1, 0.15) is 0 Å². The summed E-state index contributed by atoms with van der Waals surface area (Å²) in [6, 6.07) is 0. The van der Waals surface area contributed by atoms with Gasteiger partial charge >= 0.3 is 7.60 Å². The third-order valence-electron chi connectivity index (χ3n) is 3.47. The number of rotatable bonds is 8. The van der Waals surface area contributed by atoms with E-state index in [-0.39, 0.29) is 0 Å². The van der Waals surface area contributed by atoms with Crippen molar-refractivity contribution >= 4 is 7.60 Å². The lowest BCUT2D eigenvalue weighted by Crippen LogP contribution is -2.17. The predicted octanol–water partition coefficient (Wildman–Crippen LogP) is 5.36. The van der Waals surface area contributed by atoms with Crippen molar-refractivity contribution in [2.24, 2.45) is 0 Å². The van der Waals surface area contributed by atoms with Gasteiger partial charge in [-0.15, -0.1) is 0 Å². The lowest BCUT2D eigenvalue weighted by atomic mass is 10.0. The molecule has 0 aliphatic rings. The lowest BCUT2D eigenvalue weighted by Gasteiger charge is -2.22. The summed E-state index contributed by atoms with van der Waals surface area (Å²) in [7, 11) is -4.10. The second kappa shape index (κ2) is 8.73. The summed E-state index contributed by atoms with van der Waals surface area (Å²) in [4.78, 5) is 18.6. The molecule has 0 radical (unpaired) electrons.